The topological polar surface area (TPSA) is 72.3 Å². The number of nitrogens with two attached hydrogens (primary N) is 2. The summed E-state index contributed by atoms with van der Waals surface area (Å²) < 4.78 is 0. The van der Waals surface area contributed by atoms with E-state index in [4.69, 9.17) is 11.5 Å². The van der Waals surface area contributed by atoms with Gasteiger partial charge in [-0.05, 0) is 44.6 Å². The van der Waals surface area contributed by atoms with Crippen molar-refractivity contribution in [3.63, 3.8) is 0 Å². The lowest BCUT2D eigenvalue weighted by Gasteiger charge is -2.28. The van der Waals surface area contributed by atoms with Gasteiger partial charge in [0.2, 0.25) is 5.91 Å². The van der Waals surface area contributed by atoms with Gasteiger partial charge in [0.15, 0.2) is 0 Å². The van der Waals surface area contributed by atoms with E-state index in [1.807, 2.05) is 0 Å². The van der Waals surface area contributed by atoms with Crippen molar-refractivity contribution in [2.45, 2.75) is 50.6 Å². The molecule has 2 aliphatic rings. The van der Waals surface area contributed by atoms with Crippen molar-refractivity contribution in [3.8, 4) is 0 Å². The van der Waals surface area contributed by atoms with Crippen molar-refractivity contribution in [2.24, 2.45) is 17.4 Å². The van der Waals surface area contributed by atoms with E-state index in [-0.39, 0.29) is 5.91 Å². The van der Waals surface area contributed by atoms with Crippen molar-refractivity contribution in [1.29, 1.82) is 0 Å². The molecule has 0 aromatic heterocycles. The zero-order valence-corrected chi connectivity index (χ0v) is 10.1. The average Bonchev–Trinajstić information content (AvgIpc) is 2.97. The second kappa shape index (κ2) is 4.34. The lowest BCUT2D eigenvalue weighted by atomic mass is 9.98. The lowest BCUT2D eigenvalue weighted by molar-refractivity contribution is -0.123. The summed E-state index contributed by atoms with van der Waals surface area (Å²) in [6.45, 7) is 4.41. The van der Waals surface area contributed by atoms with E-state index in [1.165, 1.54) is 19.4 Å². The Balaban J connectivity index is 1.92. The zero-order chi connectivity index (χ0) is 11.8. The van der Waals surface area contributed by atoms with E-state index >= 15 is 0 Å². The normalized spacial score (nSPS) is 34.6. The van der Waals surface area contributed by atoms with Crippen molar-refractivity contribution < 1.29 is 4.79 Å². The van der Waals surface area contributed by atoms with E-state index in [0.29, 0.717) is 6.04 Å². The average molecular weight is 225 g/mol. The number of primary amides is 1. The van der Waals surface area contributed by atoms with E-state index in [2.05, 4.69) is 11.8 Å². The Morgan fingerprint density at radius 2 is 2.12 bits per heavy atom. The summed E-state index contributed by atoms with van der Waals surface area (Å²) in [4.78, 5) is 13.8. The third-order valence-electron chi connectivity index (χ3n) is 4.13. The van der Waals surface area contributed by atoms with Crippen LogP contribution in [0.15, 0.2) is 0 Å². The standard InChI is InChI=1S/C12H23N3O/c1-2-15(8-9-3-4-9)10-5-6-12(14,7-10)11(13)16/h9-10H,2-8,14H2,1H3,(H2,13,16). The van der Waals surface area contributed by atoms with Gasteiger partial charge in [0.25, 0.3) is 0 Å². The molecule has 1 amide bonds. The summed E-state index contributed by atoms with van der Waals surface area (Å²) in [7, 11) is 0. The van der Waals surface area contributed by atoms with Crippen molar-refractivity contribution in [2.75, 3.05) is 13.1 Å². The van der Waals surface area contributed by atoms with Gasteiger partial charge in [0.05, 0.1) is 5.54 Å². The zero-order valence-electron chi connectivity index (χ0n) is 10.1. The minimum Gasteiger partial charge on any atom is -0.368 e. The number of amides is 1. The largest absolute Gasteiger partial charge is 0.368 e. The Bertz CT molecular complexity index is 277. The number of carbonyl (C=O) groups excluding carboxylic acids is 1. The maximum absolute atomic E-state index is 11.3. The third kappa shape index (κ3) is 2.38. The smallest absolute Gasteiger partial charge is 0.237 e. The highest BCUT2D eigenvalue weighted by Crippen LogP contribution is 2.35. The van der Waals surface area contributed by atoms with Crippen LogP contribution in [0.2, 0.25) is 0 Å². The summed E-state index contributed by atoms with van der Waals surface area (Å²) in [5, 5.41) is 0. The molecule has 16 heavy (non-hydrogen) atoms. The van der Waals surface area contributed by atoms with E-state index in [0.717, 1.165) is 31.7 Å². The van der Waals surface area contributed by atoms with Crippen LogP contribution in [0.3, 0.4) is 0 Å². The van der Waals surface area contributed by atoms with Crippen LogP contribution >= 0.6 is 0 Å². The van der Waals surface area contributed by atoms with Gasteiger partial charge in [-0.15, -0.1) is 0 Å². The fraction of sp³-hybridized carbons (Fsp3) is 0.917. The molecule has 4 N–H and O–H groups in total. The van der Waals surface area contributed by atoms with Gasteiger partial charge < -0.3 is 16.4 Å². The Morgan fingerprint density at radius 3 is 2.56 bits per heavy atom. The Labute approximate surface area is 97.3 Å². The number of hydrogen-bond acceptors (Lipinski definition) is 3. The first-order valence-electron chi connectivity index (χ1n) is 6.38. The molecule has 0 radical (unpaired) electrons. The maximum atomic E-state index is 11.3. The summed E-state index contributed by atoms with van der Waals surface area (Å²) in [6.07, 6.45) is 5.23. The molecule has 2 atom stereocenters. The lowest BCUT2D eigenvalue weighted by Crippen LogP contribution is -2.51. The molecule has 2 saturated carbocycles. The van der Waals surface area contributed by atoms with Crippen molar-refractivity contribution in [1.82, 2.24) is 4.90 Å². The predicted molar refractivity (Wildman–Crippen MR) is 63.7 cm³/mol. The first-order chi connectivity index (χ1) is 7.55. The first kappa shape index (κ1) is 11.9. The molecule has 0 spiro atoms. The highest BCUT2D eigenvalue weighted by atomic mass is 16.1. The summed E-state index contributed by atoms with van der Waals surface area (Å²) in [5.41, 5.74) is 10.6. The molecule has 0 bridgehead atoms. The molecular weight excluding hydrogens is 202 g/mol. The summed E-state index contributed by atoms with van der Waals surface area (Å²) >= 11 is 0. The molecule has 0 aliphatic heterocycles. The first-order valence-corrected chi connectivity index (χ1v) is 6.38. The van der Waals surface area contributed by atoms with Crippen LogP contribution in [0, 0.1) is 5.92 Å². The molecule has 2 rings (SSSR count). The highest BCUT2D eigenvalue weighted by molar-refractivity contribution is 5.84. The molecule has 0 heterocycles. The fourth-order valence-electron chi connectivity index (χ4n) is 2.75. The number of carbonyl (C=O) groups is 1. The Hall–Kier alpha value is -0.610. The van der Waals surface area contributed by atoms with Gasteiger partial charge in [-0.1, -0.05) is 6.92 Å². The molecule has 4 nitrogen and oxygen atoms in total. The van der Waals surface area contributed by atoms with Crippen LogP contribution in [0.1, 0.15) is 39.0 Å². The second-order valence-electron chi connectivity index (χ2n) is 5.45. The van der Waals surface area contributed by atoms with Gasteiger partial charge in [0.1, 0.15) is 0 Å². The van der Waals surface area contributed by atoms with Gasteiger partial charge in [-0.3, -0.25) is 4.79 Å². The molecule has 0 saturated heterocycles. The van der Waals surface area contributed by atoms with Crippen LogP contribution in [0.25, 0.3) is 0 Å². The molecule has 2 fully saturated rings. The number of nitrogens with zero attached hydrogens (tertiary/aromatic N) is 1. The molecule has 2 unspecified atom stereocenters. The second-order valence-corrected chi connectivity index (χ2v) is 5.45. The van der Waals surface area contributed by atoms with Crippen LogP contribution in [0.4, 0.5) is 0 Å². The summed E-state index contributed by atoms with van der Waals surface area (Å²) in [5.74, 6) is 0.554. The Kier molecular flexibility index (Phi) is 3.22. The predicted octanol–water partition coefficient (Wildman–Crippen LogP) is 0.454. The highest BCUT2D eigenvalue weighted by Gasteiger charge is 2.42. The van der Waals surface area contributed by atoms with Crippen molar-refractivity contribution in [3.05, 3.63) is 0 Å². The van der Waals surface area contributed by atoms with E-state index in [9.17, 15) is 4.79 Å². The maximum Gasteiger partial charge on any atom is 0.237 e. The molecule has 2 aliphatic carbocycles. The monoisotopic (exact) mass is 225 g/mol. The Morgan fingerprint density at radius 1 is 1.44 bits per heavy atom. The molecule has 4 heteroatoms. The van der Waals surface area contributed by atoms with Gasteiger partial charge in [-0.25, -0.2) is 0 Å². The quantitative estimate of drug-likeness (QED) is 0.713. The number of hydrogen-bond donors (Lipinski definition) is 2. The van der Waals surface area contributed by atoms with Crippen LogP contribution in [-0.4, -0.2) is 35.5 Å². The van der Waals surface area contributed by atoms with Gasteiger partial charge in [-0.2, -0.15) is 0 Å². The minimum atomic E-state index is -0.748. The molecule has 92 valence electrons. The number of rotatable bonds is 5. The van der Waals surface area contributed by atoms with Crippen LogP contribution in [0.5, 0.6) is 0 Å². The third-order valence-corrected chi connectivity index (χ3v) is 4.13. The van der Waals surface area contributed by atoms with Gasteiger partial charge in [0, 0.05) is 12.6 Å². The molecular formula is C12H23N3O. The summed E-state index contributed by atoms with van der Waals surface area (Å²) in [6, 6.07) is 0.461. The van der Waals surface area contributed by atoms with Crippen LogP contribution in [-0.2, 0) is 4.79 Å². The molecule has 0 aromatic carbocycles. The molecule has 0 aromatic rings. The van der Waals surface area contributed by atoms with Crippen LogP contribution < -0.4 is 11.5 Å². The van der Waals surface area contributed by atoms with Gasteiger partial charge >= 0.3 is 0 Å². The van der Waals surface area contributed by atoms with E-state index < -0.39 is 5.54 Å². The SMILES string of the molecule is CCN(CC1CC1)C1CCC(N)(C(N)=O)C1. The minimum absolute atomic E-state index is 0.336. The van der Waals surface area contributed by atoms with E-state index in [1.54, 1.807) is 0 Å². The van der Waals surface area contributed by atoms with Crippen molar-refractivity contribution >= 4 is 5.91 Å². The fourth-order valence-corrected chi connectivity index (χ4v) is 2.75.